The van der Waals surface area contributed by atoms with E-state index in [9.17, 15) is 4.79 Å². The Morgan fingerprint density at radius 1 is 1.33 bits per heavy atom. The van der Waals surface area contributed by atoms with Crippen LogP contribution in [0.3, 0.4) is 0 Å². The van der Waals surface area contributed by atoms with Crippen molar-refractivity contribution < 1.29 is 9.90 Å². The Hall–Kier alpha value is -0.930. The predicted octanol–water partition coefficient (Wildman–Crippen LogP) is 4.07. The van der Waals surface area contributed by atoms with Crippen molar-refractivity contribution in [3.8, 4) is 0 Å². The van der Waals surface area contributed by atoms with Crippen molar-refractivity contribution in [2.24, 2.45) is 0 Å². The lowest BCUT2D eigenvalue weighted by atomic mass is 10.1. The number of benzene rings is 1. The average molecular weight is 288 g/mol. The fraction of sp³-hybridized carbons (Fsp3) is 0.462. The molecule has 1 aliphatic rings. The van der Waals surface area contributed by atoms with Gasteiger partial charge >= 0.3 is 5.97 Å². The van der Waals surface area contributed by atoms with E-state index < -0.39 is 5.97 Å². The van der Waals surface area contributed by atoms with Gasteiger partial charge in [0, 0.05) is 18.1 Å². The van der Waals surface area contributed by atoms with Crippen LogP contribution >= 0.6 is 23.2 Å². The highest BCUT2D eigenvalue weighted by Gasteiger charge is 2.24. The summed E-state index contributed by atoms with van der Waals surface area (Å²) in [4.78, 5) is 13.2. The molecule has 0 atom stereocenters. The molecule has 1 fully saturated rings. The van der Waals surface area contributed by atoms with E-state index in [0.717, 1.165) is 12.8 Å². The Kier molecular flexibility index (Phi) is 4.03. The minimum atomic E-state index is -1.05. The molecule has 98 valence electrons. The second kappa shape index (κ2) is 5.37. The zero-order chi connectivity index (χ0) is 13.3. The molecule has 0 amide bonds. The van der Waals surface area contributed by atoms with Crippen molar-refractivity contribution in [2.45, 2.75) is 31.7 Å². The number of carboxylic acids is 1. The molecular weight excluding hydrogens is 273 g/mol. The number of anilines is 1. The molecule has 1 aromatic rings. The van der Waals surface area contributed by atoms with Crippen molar-refractivity contribution >= 4 is 34.9 Å². The largest absolute Gasteiger partial charge is 0.478 e. The molecule has 0 aliphatic heterocycles. The topological polar surface area (TPSA) is 40.5 Å². The zero-order valence-electron chi connectivity index (χ0n) is 10.1. The average Bonchev–Trinajstić information content (AvgIpc) is 2.84. The van der Waals surface area contributed by atoms with Crippen molar-refractivity contribution in [3.05, 3.63) is 27.7 Å². The fourth-order valence-corrected chi connectivity index (χ4v) is 3.01. The van der Waals surface area contributed by atoms with E-state index in [2.05, 4.69) is 0 Å². The highest BCUT2D eigenvalue weighted by Crippen LogP contribution is 2.36. The molecule has 1 saturated carbocycles. The number of aromatic carboxylic acids is 1. The lowest BCUT2D eigenvalue weighted by Gasteiger charge is -2.28. The summed E-state index contributed by atoms with van der Waals surface area (Å²) in [5, 5.41) is 9.76. The van der Waals surface area contributed by atoms with Crippen LogP contribution in [0.25, 0.3) is 0 Å². The van der Waals surface area contributed by atoms with E-state index in [0.29, 0.717) is 16.8 Å². The summed E-state index contributed by atoms with van der Waals surface area (Å²) in [6, 6.07) is 3.54. The van der Waals surface area contributed by atoms with Gasteiger partial charge in [0.25, 0.3) is 0 Å². The molecular formula is C13H15Cl2NO2. The van der Waals surface area contributed by atoms with Gasteiger partial charge in [0.15, 0.2) is 0 Å². The molecule has 0 bridgehead atoms. The van der Waals surface area contributed by atoms with Crippen molar-refractivity contribution in [2.75, 3.05) is 11.9 Å². The van der Waals surface area contributed by atoms with Gasteiger partial charge in [0.1, 0.15) is 0 Å². The standard InChI is InChI=1S/C13H15Cl2NO2/c1-16(9-4-2-3-5-9)11-7-8(14)6-10(12(11)15)13(17)18/h6-7,9H,2-5H2,1H3,(H,17,18). The van der Waals surface area contributed by atoms with Crippen LogP contribution in [0.2, 0.25) is 10.0 Å². The van der Waals surface area contributed by atoms with Crippen LogP contribution in [0.1, 0.15) is 36.0 Å². The van der Waals surface area contributed by atoms with Crippen LogP contribution in [0.15, 0.2) is 12.1 Å². The predicted molar refractivity (Wildman–Crippen MR) is 74.1 cm³/mol. The van der Waals surface area contributed by atoms with Crippen LogP contribution in [0.5, 0.6) is 0 Å². The van der Waals surface area contributed by atoms with E-state index in [4.69, 9.17) is 28.3 Å². The van der Waals surface area contributed by atoms with Gasteiger partial charge in [-0.1, -0.05) is 36.0 Å². The van der Waals surface area contributed by atoms with E-state index in [1.807, 2.05) is 11.9 Å². The molecule has 0 radical (unpaired) electrons. The quantitative estimate of drug-likeness (QED) is 0.911. The van der Waals surface area contributed by atoms with Gasteiger partial charge in [-0.25, -0.2) is 4.79 Å². The van der Waals surface area contributed by atoms with Gasteiger partial charge in [-0.2, -0.15) is 0 Å². The van der Waals surface area contributed by atoms with Crippen LogP contribution in [-0.2, 0) is 0 Å². The molecule has 5 heteroatoms. The molecule has 3 nitrogen and oxygen atoms in total. The minimum absolute atomic E-state index is 0.0593. The Labute approximate surface area is 116 Å². The van der Waals surface area contributed by atoms with Crippen LogP contribution in [-0.4, -0.2) is 24.2 Å². The Morgan fingerprint density at radius 3 is 2.50 bits per heavy atom. The van der Waals surface area contributed by atoms with Gasteiger partial charge in [0.2, 0.25) is 0 Å². The summed E-state index contributed by atoms with van der Waals surface area (Å²) in [5.74, 6) is -1.05. The summed E-state index contributed by atoms with van der Waals surface area (Å²) in [6.45, 7) is 0. The third-order valence-corrected chi connectivity index (χ3v) is 4.12. The normalized spacial score (nSPS) is 15.9. The first-order valence-corrected chi connectivity index (χ1v) is 6.71. The first-order valence-electron chi connectivity index (χ1n) is 5.96. The van der Waals surface area contributed by atoms with E-state index in [-0.39, 0.29) is 10.6 Å². The maximum atomic E-state index is 11.1. The Bertz CT molecular complexity index is 470. The van der Waals surface area contributed by atoms with Crippen molar-refractivity contribution in [1.82, 2.24) is 0 Å². The Balaban J connectivity index is 2.40. The molecule has 2 rings (SSSR count). The first kappa shape index (κ1) is 13.5. The second-order valence-electron chi connectivity index (χ2n) is 4.64. The van der Waals surface area contributed by atoms with Gasteiger partial charge < -0.3 is 10.0 Å². The molecule has 1 aliphatic carbocycles. The molecule has 1 aromatic carbocycles. The number of carboxylic acid groups (broad SMARTS) is 1. The van der Waals surface area contributed by atoms with Gasteiger partial charge in [-0.3, -0.25) is 0 Å². The molecule has 0 saturated heterocycles. The zero-order valence-corrected chi connectivity index (χ0v) is 11.6. The number of nitrogens with zero attached hydrogens (tertiary/aromatic N) is 1. The van der Waals surface area contributed by atoms with Crippen LogP contribution < -0.4 is 4.90 Å². The molecule has 0 aromatic heterocycles. The lowest BCUT2D eigenvalue weighted by Crippen LogP contribution is -2.29. The number of hydrogen-bond donors (Lipinski definition) is 1. The van der Waals surface area contributed by atoms with Gasteiger partial charge in [-0.05, 0) is 25.0 Å². The lowest BCUT2D eigenvalue weighted by molar-refractivity contribution is 0.0697. The Morgan fingerprint density at radius 2 is 1.94 bits per heavy atom. The van der Waals surface area contributed by atoms with Gasteiger partial charge in [-0.15, -0.1) is 0 Å². The highest BCUT2D eigenvalue weighted by atomic mass is 35.5. The van der Waals surface area contributed by atoms with E-state index in [1.165, 1.54) is 18.9 Å². The number of carbonyl (C=O) groups is 1. The minimum Gasteiger partial charge on any atom is -0.478 e. The van der Waals surface area contributed by atoms with E-state index >= 15 is 0 Å². The summed E-state index contributed by atoms with van der Waals surface area (Å²) < 4.78 is 0. The first-order chi connectivity index (χ1) is 8.50. The number of halogens is 2. The third-order valence-electron chi connectivity index (χ3n) is 3.50. The molecule has 18 heavy (non-hydrogen) atoms. The van der Waals surface area contributed by atoms with Crippen LogP contribution in [0, 0.1) is 0 Å². The maximum absolute atomic E-state index is 11.1. The number of hydrogen-bond acceptors (Lipinski definition) is 2. The molecule has 0 unspecified atom stereocenters. The second-order valence-corrected chi connectivity index (χ2v) is 5.46. The van der Waals surface area contributed by atoms with Crippen LogP contribution in [0.4, 0.5) is 5.69 Å². The number of rotatable bonds is 3. The van der Waals surface area contributed by atoms with Gasteiger partial charge in [0.05, 0.1) is 16.3 Å². The summed E-state index contributed by atoms with van der Waals surface area (Å²) >= 11 is 12.1. The SMILES string of the molecule is CN(c1cc(Cl)cc(C(=O)O)c1Cl)C1CCCC1. The van der Waals surface area contributed by atoms with E-state index in [1.54, 1.807) is 6.07 Å². The monoisotopic (exact) mass is 287 g/mol. The summed E-state index contributed by atoms with van der Waals surface area (Å²) in [5.41, 5.74) is 0.762. The summed E-state index contributed by atoms with van der Waals surface area (Å²) in [6.07, 6.45) is 4.64. The van der Waals surface area contributed by atoms with Crippen molar-refractivity contribution in [3.63, 3.8) is 0 Å². The van der Waals surface area contributed by atoms with Crippen molar-refractivity contribution in [1.29, 1.82) is 0 Å². The smallest absolute Gasteiger partial charge is 0.337 e. The third kappa shape index (κ3) is 2.57. The molecule has 1 N–H and O–H groups in total. The molecule has 0 spiro atoms. The maximum Gasteiger partial charge on any atom is 0.337 e. The fourth-order valence-electron chi connectivity index (χ4n) is 2.48. The molecule has 0 heterocycles. The summed E-state index contributed by atoms with van der Waals surface area (Å²) in [7, 11) is 1.94. The highest BCUT2D eigenvalue weighted by molar-refractivity contribution is 6.38.